The molecule has 3 aromatic rings. The fourth-order valence-electron chi connectivity index (χ4n) is 3.04. The molecular weight excluding hydrogens is 330 g/mol. The molecule has 3 N–H and O–H groups in total. The molecule has 1 atom stereocenters. The number of carbonyl (C=O) groups is 1. The number of anilines is 1. The predicted octanol–water partition coefficient (Wildman–Crippen LogP) is 3.28. The Morgan fingerprint density at radius 3 is 3.00 bits per heavy atom. The Morgan fingerprint density at radius 1 is 1.23 bits per heavy atom. The van der Waals surface area contributed by atoms with Crippen molar-refractivity contribution in [2.24, 2.45) is 0 Å². The number of hydrogen-bond acceptors (Lipinski definition) is 4. The molecule has 1 aliphatic carbocycles. The summed E-state index contributed by atoms with van der Waals surface area (Å²) < 4.78 is 5.69. The summed E-state index contributed by atoms with van der Waals surface area (Å²) in [6, 6.07) is 12.7. The lowest BCUT2D eigenvalue weighted by molar-refractivity contribution is 0.247. The van der Waals surface area contributed by atoms with E-state index in [1.807, 2.05) is 36.5 Å². The molecule has 0 bridgehead atoms. The maximum Gasteiger partial charge on any atom is 0.319 e. The first-order chi connectivity index (χ1) is 12.8. The normalized spacial score (nSPS) is 15.8. The molecule has 26 heavy (non-hydrogen) atoms. The van der Waals surface area contributed by atoms with Crippen molar-refractivity contribution in [3.05, 3.63) is 66.1 Å². The van der Waals surface area contributed by atoms with Crippen LogP contribution in [-0.2, 0) is 12.8 Å². The van der Waals surface area contributed by atoms with Crippen molar-refractivity contribution in [1.82, 2.24) is 20.5 Å². The van der Waals surface area contributed by atoms with Gasteiger partial charge in [0, 0.05) is 29.7 Å². The molecule has 2 heterocycles. The number of nitrogens with one attached hydrogen (secondary N) is 3. The topological polar surface area (TPSA) is 91.9 Å². The lowest BCUT2D eigenvalue weighted by atomic mass is 9.94. The first kappa shape index (κ1) is 16.1. The zero-order valence-electron chi connectivity index (χ0n) is 14.1. The number of carbonyl (C=O) groups excluding carboxylic acids is 1. The molecule has 0 radical (unpaired) electrons. The van der Waals surface area contributed by atoms with Crippen molar-refractivity contribution in [2.45, 2.75) is 25.3 Å². The second kappa shape index (κ2) is 7.26. The van der Waals surface area contributed by atoms with E-state index in [-0.39, 0.29) is 12.1 Å². The van der Waals surface area contributed by atoms with E-state index in [1.165, 1.54) is 11.3 Å². The largest absolute Gasteiger partial charge is 0.439 e. The number of hydrogen-bond donors (Lipinski definition) is 3. The third-order valence-corrected chi connectivity index (χ3v) is 4.31. The second-order valence-electron chi connectivity index (χ2n) is 6.21. The molecule has 4 rings (SSSR count). The Morgan fingerprint density at radius 2 is 2.12 bits per heavy atom. The Hall–Kier alpha value is -3.35. The Kier molecular flexibility index (Phi) is 4.51. The molecule has 0 fully saturated rings. The van der Waals surface area contributed by atoms with Gasteiger partial charge in [0.25, 0.3) is 0 Å². The predicted molar refractivity (Wildman–Crippen MR) is 97.3 cm³/mol. The van der Waals surface area contributed by atoms with E-state index in [1.54, 1.807) is 18.3 Å². The van der Waals surface area contributed by atoms with E-state index >= 15 is 0 Å². The number of aromatic nitrogens is 3. The monoisotopic (exact) mass is 349 g/mol. The van der Waals surface area contributed by atoms with Crippen LogP contribution in [0.2, 0.25) is 0 Å². The highest BCUT2D eigenvalue weighted by Crippen LogP contribution is 2.22. The highest BCUT2D eigenvalue weighted by atomic mass is 16.5. The van der Waals surface area contributed by atoms with Crippen molar-refractivity contribution in [3.8, 4) is 11.6 Å². The quantitative estimate of drug-likeness (QED) is 0.674. The summed E-state index contributed by atoms with van der Waals surface area (Å²) in [6.45, 7) is 0. The van der Waals surface area contributed by atoms with Gasteiger partial charge in [0.15, 0.2) is 0 Å². The van der Waals surface area contributed by atoms with Crippen LogP contribution in [0.4, 0.5) is 10.5 Å². The minimum Gasteiger partial charge on any atom is -0.439 e. The van der Waals surface area contributed by atoms with E-state index in [9.17, 15) is 4.79 Å². The van der Waals surface area contributed by atoms with Gasteiger partial charge in [-0.25, -0.2) is 9.78 Å². The second-order valence-corrected chi connectivity index (χ2v) is 6.21. The fourth-order valence-corrected chi connectivity index (χ4v) is 3.04. The van der Waals surface area contributed by atoms with Crippen LogP contribution >= 0.6 is 0 Å². The Balaban J connectivity index is 1.35. The maximum absolute atomic E-state index is 12.3. The average Bonchev–Trinajstić information content (AvgIpc) is 3.10. The molecule has 2 aromatic heterocycles. The number of amides is 2. The molecule has 1 aliphatic rings. The third kappa shape index (κ3) is 3.83. The van der Waals surface area contributed by atoms with Crippen LogP contribution in [0, 0.1) is 0 Å². The van der Waals surface area contributed by atoms with Crippen molar-refractivity contribution < 1.29 is 9.53 Å². The van der Waals surface area contributed by atoms with Gasteiger partial charge in [-0.05, 0) is 43.0 Å². The number of aromatic amines is 1. The molecule has 0 unspecified atom stereocenters. The minimum atomic E-state index is -0.237. The van der Waals surface area contributed by atoms with Crippen molar-refractivity contribution in [3.63, 3.8) is 0 Å². The number of aryl methyl sites for hydroxylation is 1. The third-order valence-electron chi connectivity index (χ3n) is 4.31. The van der Waals surface area contributed by atoms with Crippen LogP contribution in [-0.4, -0.2) is 27.3 Å². The Bertz CT molecular complexity index is 894. The summed E-state index contributed by atoms with van der Waals surface area (Å²) in [7, 11) is 0. The van der Waals surface area contributed by atoms with Gasteiger partial charge in [-0.2, -0.15) is 5.10 Å². The van der Waals surface area contributed by atoms with Crippen molar-refractivity contribution in [2.75, 3.05) is 5.32 Å². The van der Waals surface area contributed by atoms with Gasteiger partial charge < -0.3 is 15.4 Å². The van der Waals surface area contributed by atoms with Gasteiger partial charge in [0.1, 0.15) is 5.75 Å². The van der Waals surface area contributed by atoms with Gasteiger partial charge >= 0.3 is 6.03 Å². The summed E-state index contributed by atoms with van der Waals surface area (Å²) in [5, 5.41) is 12.9. The average molecular weight is 349 g/mol. The van der Waals surface area contributed by atoms with Crippen molar-refractivity contribution >= 4 is 11.7 Å². The number of ether oxygens (including phenoxy) is 1. The highest BCUT2D eigenvalue weighted by molar-refractivity contribution is 5.89. The number of pyridine rings is 1. The number of benzene rings is 1. The van der Waals surface area contributed by atoms with Crippen LogP contribution in [0.3, 0.4) is 0 Å². The van der Waals surface area contributed by atoms with Crippen LogP contribution in [0.15, 0.2) is 54.9 Å². The van der Waals surface area contributed by atoms with Crippen LogP contribution < -0.4 is 15.4 Å². The number of urea groups is 1. The van der Waals surface area contributed by atoms with E-state index in [0.29, 0.717) is 17.3 Å². The Labute approximate surface area is 150 Å². The van der Waals surface area contributed by atoms with Gasteiger partial charge in [0.2, 0.25) is 5.88 Å². The SMILES string of the molecule is O=C(Nc1ccnc(Oc2ccccc2)c1)N[C@H]1CCc2[nH]ncc2C1. The molecule has 0 saturated heterocycles. The van der Waals surface area contributed by atoms with E-state index in [0.717, 1.165) is 19.3 Å². The molecule has 2 amide bonds. The van der Waals surface area contributed by atoms with E-state index in [2.05, 4.69) is 25.8 Å². The van der Waals surface area contributed by atoms with Crippen LogP contribution in [0.1, 0.15) is 17.7 Å². The fraction of sp³-hybridized carbons (Fsp3) is 0.211. The molecule has 132 valence electrons. The lowest BCUT2D eigenvalue weighted by Crippen LogP contribution is -2.41. The minimum absolute atomic E-state index is 0.0991. The van der Waals surface area contributed by atoms with E-state index in [4.69, 9.17) is 4.74 Å². The maximum atomic E-state index is 12.3. The molecule has 7 heteroatoms. The van der Waals surface area contributed by atoms with Crippen LogP contribution in [0.25, 0.3) is 0 Å². The van der Waals surface area contributed by atoms with E-state index < -0.39 is 0 Å². The number of para-hydroxylation sites is 1. The van der Waals surface area contributed by atoms with Gasteiger partial charge in [-0.15, -0.1) is 0 Å². The number of rotatable bonds is 4. The summed E-state index contributed by atoms with van der Waals surface area (Å²) in [6.07, 6.45) is 6.01. The molecule has 7 nitrogen and oxygen atoms in total. The van der Waals surface area contributed by atoms with Crippen molar-refractivity contribution in [1.29, 1.82) is 0 Å². The summed E-state index contributed by atoms with van der Waals surface area (Å²) >= 11 is 0. The van der Waals surface area contributed by atoms with Gasteiger partial charge in [-0.1, -0.05) is 18.2 Å². The molecule has 0 saturated carbocycles. The molecule has 0 aliphatic heterocycles. The van der Waals surface area contributed by atoms with Gasteiger partial charge in [-0.3, -0.25) is 5.10 Å². The zero-order valence-corrected chi connectivity index (χ0v) is 14.1. The zero-order chi connectivity index (χ0) is 17.8. The summed E-state index contributed by atoms with van der Waals surface area (Å²) in [5.41, 5.74) is 2.97. The first-order valence-corrected chi connectivity index (χ1v) is 8.54. The number of H-pyrrole nitrogens is 1. The standard InChI is InChI=1S/C19H19N5O2/c25-19(22-14-6-7-17-13(10-14)12-21-24-17)23-15-8-9-20-18(11-15)26-16-4-2-1-3-5-16/h1-5,8-9,11-12,14H,6-7,10H2,(H,21,24)(H2,20,22,23,25)/t14-/m0/s1. The van der Waals surface area contributed by atoms with Gasteiger partial charge in [0.05, 0.1) is 6.20 Å². The van der Waals surface area contributed by atoms with Crippen LogP contribution in [0.5, 0.6) is 11.6 Å². The number of nitrogens with zero attached hydrogens (tertiary/aromatic N) is 2. The molecular formula is C19H19N5O2. The smallest absolute Gasteiger partial charge is 0.319 e. The molecule has 1 aromatic carbocycles. The summed E-state index contributed by atoms with van der Waals surface area (Å²) in [4.78, 5) is 16.5. The summed E-state index contributed by atoms with van der Waals surface area (Å²) in [5.74, 6) is 1.12. The highest BCUT2D eigenvalue weighted by Gasteiger charge is 2.21. The lowest BCUT2D eigenvalue weighted by Gasteiger charge is -2.23. The molecule has 0 spiro atoms. The number of fused-ring (bicyclic) bond motifs is 1. The first-order valence-electron chi connectivity index (χ1n) is 8.54.